The van der Waals surface area contributed by atoms with Crippen molar-refractivity contribution in [3.63, 3.8) is 0 Å². The molecule has 2 nitrogen and oxygen atoms in total. The van der Waals surface area contributed by atoms with Crippen molar-refractivity contribution >= 4 is 6.41 Å². The van der Waals surface area contributed by atoms with Crippen LogP contribution in [-0.4, -0.2) is 6.41 Å². The van der Waals surface area contributed by atoms with E-state index in [1.807, 2.05) is 0 Å². The normalized spacial score (nSPS) is 3.00. The number of rotatable bonds is 0. The van der Waals surface area contributed by atoms with Gasteiger partial charge in [0.05, 0.1) is 0 Å². The van der Waals surface area contributed by atoms with E-state index in [0.29, 0.717) is 0 Å². The van der Waals surface area contributed by atoms with Gasteiger partial charge >= 0.3 is 0 Å². The zero-order valence-corrected chi connectivity index (χ0v) is 2.06. The molecule has 0 aromatic heterocycles. The number of carbonyl (C=O) groups excluding carboxylic acids is 1. The maximum atomic E-state index is 8.58. The van der Waals surface area contributed by atoms with Crippen LogP contribution in [0.3, 0.4) is 0 Å². The van der Waals surface area contributed by atoms with Crippen molar-refractivity contribution in [3.05, 3.63) is 7.43 Å². The third-order valence-corrected chi connectivity index (χ3v) is 0. The molecule has 0 aliphatic rings. The van der Waals surface area contributed by atoms with Crippen LogP contribution in [0.5, 0.6) is 0 Å². The van der Waals surface area contributed by atoms with E-state index in [9.17, 15) is 0 Å². The first-order valence-corrected chi connectivity index (χ1v) is 0.569. The summed E-state index contributed by atoms with van der Waals surface area (Å²) in [6, 6.07) is 0. The Hall–Kier alpha value is -0.530. The molecule has 0 aromatic carbocycles. The Labute approximate surface area is 25.6 Å². The molecule has 0 rings (SSSR count). The Morgan fingerprint density at radius 2 is 1.75 bits per heavy atom. The van der Waals surface area contributed by atoms with Crippen molar-refractivity contribution in [3.8, 4) is 0 Å². The van der Waals surface area contributed by atoms with Crippen molar-refractivity contribution in [1.29, 1.82) is 0 Å². The van der Waals surface area contributed by atoms with Crippen LogP contribution in [0, 0.1) is 7.43 Å². The molecule has 2 heteroatoms. The zero-order valence-electron chi connectivity index (χ0n) is 2.06. The fraction of sp³-hybridized carbons (Fsp3) is 0. The van der Waals surface area contributed by atoms with Crippen molar-refractivity contribution in [1.82, 2.24) is 0 Å². The Balaban J connectivity index is 0. The second kappa shape index (κ2) is 24.2. The van der Waals surface area contributed by atoms with E-state index in [1.54, 1.807) is 0 Å². The smallest absolute Gasteiger partial charge is 0.204 e. The van der Waals surface area contributed by atoms with E-state index in [1.165, 1.54) is 0 Å². The first-order valence-electron chi connectivity index (χ1n) is 0.569. The second-order valence-electron chi connectivity index (χ2n) is 0.136. The topological polar surface area (TPSA) is 43.1 Å². The summed E-state index contributed by atoms with van der Waals surface area (Å²) < 4.78 is 0. The van der Waals surface area contributed by atoms with E-state index >= 15 is 0 Å². The molecule has 4 heavy (non-hydrogen) atoms. The summed E-state index contributed by atoms with van der Waals surface area (Å²) in [4.78, 5) is 8.58. The highest BCUT2D eigenvalue weighted by Crippen LogP contribution is 0.798. The van der Waals surface area contributed by atoms with Crippen LogP contribution in [0.4, 0.5) is 0 Å². The van der Waals surface area contributed by atoms with Crippen LogP contribution >= 0.6 is 0 Å². The predicted octanol–water partition coefficient (Wildman–Crippen LogP) is -0.817. The quantitative estimate of drug-likeness (QED) is 0.363. The van der Waals surface area contributed by atoms with Crippen LogP contribution < -0.4 is 5.73 Å². The minimum absolute atomic E-state index is 0. The van der Waals surface area contributed by atoms with E-state index in [0.717, 1.165) is 0 Å². The number of hydrogen-bond donors (Lipinski definition) is 1. The second-order valence-corrected chi connectivity index (χ2v) is 0.136. The van der Waals surface area contributed by atoms with E-state index in [-0.39, 0.29) is 13.8 Å². The minimum atomic E-state index is 0. The summed E-state index contributed by atoms with van der Waals surface area (Å²) >= 11 is 0. The van der Waals surface area contributed by atoms with E-state index < -0.39 is 0 Å². The molecule has 0 saturated carbocycles. The van der Waals surface area contributed by atoms with Gasteiger partial charge in [0.25, 0.3) is 0 Å². The lowest BCUT2D eigenvalue weighted by atomic mass is 11.5. The molecule has 0 aromatic rings. The molecule has 0 atom stereocenters. The van der Waals surface area contributed by atoms with Gasteiger partial charge in [-0.2, -0.15) is 0 Å². The lowest BCUT2D eigenvalue weighted by molar-refractivity contribution is -0.106. The third kappa shape index (κ3) is 1.16. The largest absolute Gasteiger partial charge is 0.372 e. The first-order chi connectivity index (χ1) is 1.41. The van der Waals surface area contributed by atoms with E-state index in [4.69, 9.17) is 4.79 Å². The van der Waals surface area contributed by atoms with Crippen molar-refractivity contribution in [2.75, 3.05) is 0 Å². The van der Waals surface area contributed by atoms with Crippen LogP contribution in [-0.2, 0) is 4.79 Å². The monoisotopic (exact) mass is 57.0 g/mol. The number of amides is 1. The number of hydrogen-bond acceptors (Lipinski definition) is 1. The Morgan fingerprint density at radius 1 is 1.75 bits per heavy atom. The van der Waals surface area contributed by atoms with Gasteiger partial charge < -0.3 is 5.73 Å². The minimum Gasteiger partial charge on any atom is -0.372 e. The molecule has 1 amide bonds. The fourth-order valence-corrected chi connectivity index (χ4v) is 0. The first kappa shape index (κ1) is 9.80. The van der Waals surface area contributed by atoms with Gasteiger partial charge in [0.15, 0.2) is 0 Å². The molecule has 0 heterocycles. The van der Waals surface area contributed by atoms with Gasteiger partial charge in [0.1, 0.15) is 0 Å². The lowest BCUT2D eigenvalue weighted by Crippen LogP contribution is -1.82. The molecule has 4 radical (unpaired) electrons. The Kier molecular flexibility index (Phi) is 59.2. The van der Waals surface area contributed by atoms with Crippen molar-refractivity contribution in [2.24, 2.45) is 5.73 Å². The molecule has 0 bridgehead atoms. The molecular formula is C2H3NO. The average molecular weight is 57.1 g/mol. The van der Waals surface area contributed by atoms with Crippen LogP contribution in [0.2, 0.25) is 0 Å². The standard InChI is InChI=1S/CH3NO.C/c2-1-3;/h1H,(H2,2,3);. The summed E-state index contributed by atoms with van der Waals surface area (Å²) in [6.45, 7) is 0. The molecular weight excluding hydrogens is 54.0 g/mol. The zero-order chi connectivity index (χ0) is 2.71. The van der Waals surface area contributed by atoms with Gasteiger partial charge in [0, 0.05) is 7.43 Å². The van der Waals surface area contributed by atoms with Gasteiger partial charge in [-0.15, -0.1) is 0 Å². The highest BCUT2D eigenvalue weighted by molar-refractivity contribution is 5.42. The molecule has 0 unspecified atom stereocenters. The molecule has 0 saturated heterocycles. The fourth-order valence-electron chi connectivity index (χ4n) is 0. The number of nitrogens with two attached hydrogens (primary N) is 1. The third-order valence-electron chi connectivity index (χ3n) is 0. The van der Waals surface area contributed by atoms with Gasteiger partial charge in [-0.25, -0.2) is 0 Å². The SMILES string of the molecule is NC=O.[C]. The summed E-state index contributed by atoms with van der Waals surface area (Å²) in [6.07, 6.45) is 0.250. The summed E-state index contributed by atoms with van der Waals surface area (Å²) in [5.41, 5.74) is 4.17. The van der Waals surface area contributed by atoms with Crippen LogP contribution in [0.15, 0.2) is 0 Å². The van der Waals surface area contributed by atoms with Gasteiger partial charge in [0.2, 0.25) is 6.41 Å². The lowest BCUT2D eigenvalue weighted by Gasteiger charge is -1.32. The van der Waals surface area contributed by atoms with E-state index in [2.05, 4.69) is 5.73 Å². The number of primary amides is 1. The Bertz CT molecular complexity index is 13.5. The maximum Gasteiger partial charge on any atom is 0.204 e. The summed E-state index contributed by atoms with van der Waals surface area (Å²) in [5, 5.41) is 0. The molecule has 22 valence electrons. The van der Waals surface area contributed by atoms with Gasteiger partial charge in [-0.1, -0.05) is 0 Å². The van der Waals surface area contributed by atoms with Crippen LogP contribution in [0.25, 0.3) is 0 Å². The Morgan fingerprint density at radius 3 is 1.75 bits per heavy atom. The average Bonchev–Trinajstić information content (AvgIpc) is 0.918. The van der Waals surface area contributed by atoms with Gasteiger partial charge in [-0.3, -0.25) is 4.79 Å². The summed E-state index contributed by atoms with van der Waals surface area (Å²) in [7, 11) is 0. The molecule has 0 aliphatic carbocycles. The highest BCUT2D eigenvalue weighted by atomic mass is 16.1. The maximum absolute atomic E-state index is 8.58. The molecule has 0 aliphatic heterocycles. The predicted molar refractivity (Wildman–Crippen MR) is 13.5 cm³/mol. The van der Waals surface area contributed by atoms with Crippen molar-refractivity contribution < 1.29 is 4.79 Å². The van der Waals surface area contributed by atoms with Gasteiger partial charge in [-0.05, 0) is 0 Å². The van der Waals surface area contributed by atoms with Crippen LogP contribution in [0.1, 0.15) is 0 Å². The highest BCUT2D eigenvalue weighted by Gasteiger charge is 1.19. The summed E-state index contributed by atoms with van der Waals surface area (Å²) in [5.74, 6) is 0. The molecule has 0 spiro atoms. The van der Waals surface area contributed by atoms with Crippen molar-refractivity contribution in [2.45, 2.75) is 0 Å². The molecule has 2 N–H and O–H groups in total. The molecule has 0 fully saturated rings. The number of carbonyl (C=O) groups is 1.